The summed E-state index contributed by atoms with van der Waals surface area (Å²) in [7, 11) is 0. The maximum atomic E-state index is 11.5. The minimum atomic E-state index is -0.855. The predicted octanol–water partition coefficient (Wildman–Crippen LogP) is -0.124. The molecule has 0 saturated carbocycles. The summed E-state index contributed by atoms with van der Waals surface area (Å²) in [6.07, 6.45) is 0.530. The lowest BCUT2D eigenvalue weighted by molar-refractivity contribution is -0.141. The molecule has 1 aliphatic rings. The largest absolute Gasteiger partial charge is 0.481 e. The van der Waals surface area contributed by atoms with Gasteiger partial charge >= 0.3 is 5.97 Å². The highest BCUT2D eigenvalue weighted by molar-refractivity contribution is 7.99. The molecule has 6 heteroatoms. The zero-order valence-electron chi connectivity index (χ0n) is 8.66. The Labute approximate surface area is 93.0 Å². The Kier molecular flexibility index (Phi) is 4.90. The first-order valence-corrected chi connectivity index (χ1v) is 6.12. The highest BCUT2D eigenvalue weighted by atomic mass is 32.2. The molecular weight excluding hydrogens is 216 g/mol. The van der Waals surface area contributed by atoms with Gasteiger partial charge < -0.3 is 10.4 Å². The molecule has 2 atom stereocenters. The molecule has 1 fully saturated rings. The van der Waals surface area contributed by atoms with Crippen LogP contribution >= 0.6 is 11.8 Å². The van der Waals surface area contributed by atoms with Crippen molar-refractivity contribution in [2.45, 2.75) is 19.4 Å². The number of amides is 1. The molecule has 1 rings (SSSR count). The molecule has 5 nitrogen and oxygen atoms in total. The summed E-state index contributed by atoms with van der Waals surface area (Å²) >= 11 is 1.67. The normalized spacial score (nSPS) is 22.3. The molecule has 15 heavy (non-hydrogen) atoms. The fourth-order valence-corrected chi connectivity index (χ4v) is 2.26. The molecule has 0 aromatic carbocycles. The number of carbonyl (C=O) groups is 2. The van der Waals surface area contributed by atoms with Gasteiger partial charge in [0.05, 0.1) is 12.0 Å². The Balaban J connectivity index is 2.28. The van der Waals surface area contributed by atoms with Gasteiger partial charge in [0.2, 0.25) is 5.91 Å². The minimum absolute atomic E-state index is 0.0975. The lowest BCUT2D eigenvalue weighted by Gasteiger charge is -2.13. The second-order valence-corrected chi connectivity index (χ2v) is 4.49. The molecule has 3 N–H and O–H groups in total. The third-order valence-corrected chi connectivity index (χ3v) is 3.34. The third-order valence-electron chi connectivity index (χ3n) is 2.40. The van der Waals surface area contributed by atoms with Crippen LogP contribution in [0.2, 0.25) is 0 Å². The number of rotatable bonds is 5. The van der Waals surface area contributed by atoms with E-state index in [0.717, 1.165) is 11.6 Å². The zero-order chi connectivity index (χ0) is 11.3. The van der Waals surface area contributed by atoms with Crippen LogP contribution in [0.3, 0.4) is 0 Å². The molecule has 0 aromatic heterocycles. The van der Waals surface area contributed by atoms with Gasteiger partial charge in [-0.15, -0.1) is 11.8 Å². The van der Waals surface area contributed by atoms with Crippen molar-refractivity contribution >= 4 is 23.6 Å². The summed E-state index contributed by atoms with van der Waals surface area (Å²) in [5.41, 5.74) is 0. The van der Waals surface area contributed by atoms with Crippen molar-refractivity contribution in [3.8, 4) is 0 Å². The van der Waals surface area contributed by atoms with Crippen LogP contribution < -0.4 is 10.6 Å². The number of nitrogens with one attached hydrogen (secondary N) is 2. The van der Waals surface area contributed by atoms with E-state index in [0.29, 0.717) is 6.42 Å². The first-order valence-electron chi connectivity index (χ1n) is 4.96. The van der Waals surface area contributed by atoms with E-state index in [4.69, 9.17) is 5.11 Å². The van der Waals surface area contributed by atoms with Crippen LogP contribution in [0.4, 0.5) is 0 Å². The quantitative estimate of drug-likeness (QED) is 0.616. The number of thioether (sulfide) groups is 1. The Morgan fingerprint density at radius 1 is 1.67 bits per heavy atom. The Hall–Kier alpha value is -0.750. The summed E-state index contributed by atoms with van der Waals surface area (Å²) in [5.74, 6) is 0.110. The van der Waals surface area contributed by atoms with Crippen molar-refractivity contribution in [2.24, 2.45) is 5.92 Å². The van der Waals surface area contributed by atoms with E-state index >= 15 is 0 Å². The highest BCUT2D eigenvalue weighted by Crippen LogP contribution is 2.09. The standard InChI is InChI=1S/C9H16N2O3S/c1-2-6(9(13)14)3-10-8(12)7-4-15-5-11-7/h6-7,11H,2-5H2,1H3,(H,10,12)(H,13,14). The summed E-state index contributed by atoms with van der Waals surface area (Å²) in [6.45, 7) is 2.02. The van der Waals surface area contributed by atoms with Gasteiger partial charge in [0.15, 0.2) is 0 Å². The lowest BCUT2D eigenvalue weighted by atomic mass is 10.1. The van der Waals surface area contributed by atoms with Gasteiger partial charge in [0.1, 0.15) is 0 Å². The van der Waals surface area contributed by atoms with Crippen molar-refractivity contribution in [1.82, 2.24) is 10.6 Å². The van der Waals surface area contributed by atoms with Crippen LogP contribution in [-0.2, 0) is 9.59 Å². The van der Waals surface area contributed by atoms with Crippen molar-refractivity contribution in [3.05, 3.63) is 0 Å². The van der Waals surface area contributed by atoms with Crippen LogP contribution in [0.1, 0.15) is 13.3 Å². The van der Waals surface area contributed by atoms with Crippen LogP contribution in [0.5, 0.6) is 0 Å². The number of aliphatic carboxylic acids is 1. The third kappa shape index (κ3) is 3.71. The monoisotopic (exact) mass is 232 g/mol. The first kappa shape index (κ1) is 12.3. The molecule has 2 unspecified atom stereocenters. The number of hydrogen-bond acceptors (Lipinski definition) is 4. The SMILES string of the molecule is CCC(CNC(=O)C1CSCN1)C(=O)O. The fourth-order valence-electron chi connectivity index (χ4n) is 1.32. The zero-order valence-corrected chi connectivity index (χ0v) is 9.47. The lowest BCUT2D eigenvalue weighted by Crippen LogP contribution is -2.44. The summed E-state index contributed by atoms with van der Waals surface area (Å²) in [5, 5.41) is 14.5. The van der Waals surface area contributed by atoms with E-state index < -0.39 is 11.9 Å². The summed E-state index contributed by atoms with van der Waals surface area (Å²) < 4.78 is 0. The summed E-state index contributed by atoms with van der Waals surface area (Å²) in [6, 6.07) is -0.165. The summed E-state index contributed by atoms with van der Waals surface area (Å²) in [4.78, 5) is 22.2. The fraction of sp³-hybridized carbons (Fsp3) is 0.778. The average molecular weight is 232 g/mol. The molecule has 0 radical (unpaired) electrons. The maximum Gasteiger partial charge on any atom is 0.308 e. The van der Waals surface area contributed by atoms with Crippen molar-refractivity contribution in [2.75, 3.05) is 18.2 Å². The first-order chi connectivity index (χ1) is 7.15. The van der Waals surface area contributed by atoms with Crippen LogP contribution in [0.25, 0.3) is 0 Å². The van der Waals surface area contributed by atoms with Gasteiger partial charge in [-0.3, -0.25) is 14.9 Å². The van der Waals surface area contributed by atoms with Crippen LogP contribution in [-0.4, -0.2) is 41.2 Å². The maximum absolute atomic E-state index is 11.5. The van der Waals surface area contributed by atoms with Crippen LogP contribution in [0, 0.1) is 5.92 Å². The van der Waals surface area contributed by atoms with Crippen LogP contribution in [0.15, 0.2) is 0 Å². The highest BCUT2D eigenvalue weighted by Gasteiger charge is 2.23. The molecule has 0 spiro atoms. The van der Waals surface area contributed by atoms with Crippen molar-refractivity contribution in [1.29, 1.82) is 0 Å². The van der Waals surface area contributed by atoms with E-state index in [1.54, 1.807) is 18.7 Å². The van der Waals surface area contributed by atoms with Gasteiger partial charge in [-0.05, 0) is 6.42 Å². The molecule has 0 aromatic rings. The Morgan fingerprint density at radius 2 is 2.40 bits per heavy atom. The molecule has 1 aliphatic heterocycles. The number of carboxylic acids is 1. The van der Waals surface area contributed by atoms with Crippen molar-refractivity contribution < 1.29 is 14.7 Å². The van der Waals surface area contributed by atoms with E-state index in [1.807, 2.05) is 0 Å². The second kappa shape index (κ2) is 5.97. The average Bonchev–Trinajstić information content (AvgIpc) is 2.70. The van der Waals surface area contributed by atoms with Gasteiger partial charge in [-0.25, -0.2) is 0 Å². The molecule has 1 amide bonds. The van der Waals surface area contributed by atoms with E-state index in [-0.39, 0.29) is 18.5 Å². The molecule has 0 bridgehead atoms. The molecule has 86 valence electrons. The van der Waals surface area contributed by atoms with Gasteiger partial charge in [0, 0.05) is 18.2 Å². The smallest absolute Gasteiger partial charge is 0.308 e. The van der Waals surface area contributed by atoms with E-state index in [1.165, 1.54) is 0 Å². The van der Waals surface area contributed by atoms with E-state index in [2.05, 4.69) is 10.6 Å². The second-order valence-electron chi connectivity index (χ2n) is 3.46. The molecular formula is C9H16N2O3S. The topological polar surface area (TPSA) is 78.4 Å². The van der Waals surface area contributed by atoms with Gasteiger partial charge in [-0.1, -0.05) is 6.92 Å². The molecule has 1 heterocycles. The van der Waals surface area contributed by atoms with Crippen molar-refractivity contribution in [3.63, 3.8) is 0 Å². The molecule has 0 aliphatic carbocycles. The molecule has 1 saturated heterocycles. The number of carbonyl (C=O) groups excluding carboxylic acids is 1. The number of carboxylic acid groups (broad SMARTS) is 1. The van der Waals surface area contributed by atoms with Gasteiger partial charge in [0.25, 0.3) is 0 Å². The number of hydrogen-bond donors (Lipinski definition) is 3. The Bertz CT molecular complexity index is 242. The van der Waals surface area contributed by atoms with E-state index in [9.17, 15) is 9.59 Å². The minimum Gasteiger partial charge on any atom is -0.481 e. The Morgan fingerprint density at radius 3 is 2.87 bits per heavy atom. The van der Waals surface area contributed by atoms with Gasteiger partial charge in [-0.2, -0.15) is 0 Å². The predicted molar refractivity (Wildman–Crippen MR) is 58.7 cm³/mol.